The second-order valence-electron chi connectivity index (χ2n) is 4.11. The van der Waals surface area contributed by atoms with Crippen molar-refractivity contribution in [2.24, 2.45) is 0 Å². The summed E-state index contributed by atoms with van der Waals surface area (Å²) in [5.74, 6) is 1.26. The van der Waals surface area contributed by atoms with Crippen LogP contribution in [0.1, 0.15) is 23.5 Å². The summed E-state index contributed by atoms with van der Waals surface area (Å²) in [4.78, 5) is 0. The summed E-state index contributed by atoms with van der Waals surface area (Å²) in [6.45, 7) is 15.5. The van der Waals surface area contributed by atoms with Crippen molar-refractivity contribution >= 4 is 5.69 Å². The molecule has 2 rings (SSSR count). The minimum Gasteiger partial charge on any atom is 0 e. The molecule has 1 aromatic rings. The molecule has 0 bridgehead atoms. The zero-order valence-corrected chi connectivity index (χ0v) is 13.9. The molecule has 5 nitrogen and oxygen atoms in total. The molecule has 6 heteroatoms. The van der Waals surface area contributed by atoms with E-state index in [1.165, 1.54) is 5.56 Å². The van der Waals surface area contributed by atoms with Crippen LogP contribution in [0, 0.1) is 26.9 Å². The van der Waals surface area contributed by atoms with Gasteiger partial charge in [-0.1, -0.05) is 24.3 Å². The normalized spacial score (nSPS) is 13.3. The van der Waals surface area contributed by atoms with E-state index < -0.39 is 0 Å². The van der Waals surface area contributed by atoms with Crippen molar-refractivity contribution in [1.82, 2.24) is 0 Å². The Labute approximate surface area is 147 Å². The summed E-state index contributed by atoms with van der Waals surface area (Å²) in [6.07, 6.45) is 9.53. The topological polar surface area (TPSA) is 94.9 Å². The zero-order valence-electron chi connectivity index (χ0n) is 12.8. The summed E-state index contributed by atoms with van der Waals surface area (Å²) in [6, 6.07) is 4.04. The molecule has 122 valence electrons. The van der Waals surface area contributed by atoms with Gasteiger partial charge in [0.05, 0.1) is 7.11 Å². The van der Waals surface area contributed by atoms with Gasteiger partial charge >= 0.3 is 33.9 Å². The molecule has 1 aliphatic rings. The summed E-state index contributed by atoms with van der Waals surface area (Å²) >= 11 is 0. The van der Waals surface area contributed by atoms with Crippen molar-refractivity contribution < 1.29 is 35.8 Å². The van der Waals surface area contributed by atoms with Gasteiger partial charge in [0, 0.05) is 34.7 Å². The molecular weight excluding hydrogens is 338 g/mol. The van der Waals surface area contributed by atoms with E-state index in [2.05, 4.69) is 50.3 Å². The van der Waals surface area contributed by atoms with E-state index in [4.69, 9.17) is 24.4 Å². The summed E-state index contributed by atoms with van der Waals surface area (Å²) in [5.41, 5.74) is 9.20. The third-order valence-corrected chi connectivity index (χ3v) is 2.98. The number of methoxy groups -OCH3 is 1. The first kappa shape index (κ1) is 26.0. The van der Waals surface area contributed by atoms with Crippen molar-refractivity contribution in [3.05, 3.63) is 67.5 Å². The second kappa shape index (κ2) is 16.4. The van der Waals surface area contributed by atoms with E-state index in [-0.39, 0.29) is 17.1 Å². The molecule has 0 spiro atoms. The fraction of sp³-hybridized carbons (Fsp3) is 0.235. The SMILES string of the molecule is COc1cc(N)c(C2C=CC=CC2)cc1C.[C-]#[O+].[C-]#[O+].[C-]#[O+].[Fe]. The number of ether oxygens (including phenoxy) is 1. The second-order valence-corrected chi connectivity index (χ2v) is 4.11. The molecule has 1 atom stereocenters. The van der Waals surface area contributed by atoms with Crippen molar-refractivity contribution in [1.29, 1.82) is 0 Å². The fourth-order valence-electron chi connectivity index (χ4n) is 2.08. The summed E-state index contributed by atoms with van der Waals surface area (Å²) in [5, 5.41) is 0. The monoisotopic (exact) mass is 355 g/mol. The number of hydrogen-bond donors (Lipinski definition) is 1. The number of anilines is 1. The Morgan fingerprint density at radius 2 is 1.65 bits per heavy atom. The Morgan fingerprint density at radius 3 is 2.09 bits per heavy atom. The molecule has 0 aliphatic heterocycles. The molecule has 0 amide bonds. The van der Waals surface area contributed by atoms with E-state index in [1.54, 1.807) is 7.11 Å². The minimum absolute atomic E-state index is 0. The standard InChI is InChI=1S/C14H17NO.3CO.Fe/c1-10-8-12(11-6-4-3-5-7-11)13(15)9-14(10)16-2;3*1-2;/h3-6,8-9,11H,7,15H2,1-2H3;;;;. The third kappa shape index (κ3) is 8.29. The maximum atomic E-state index is 7.50. The zero-order chi connectivity index (χ0) is 17.5. The van der Waals surface area contributed by atoms with Crippen molar-refractivity contribution in [3.63, 3.8) is 0 Å². The molecule has 1 aromatic carbocycles. The van der Waals surface area contributed by atoms with Crippen LogP contribution in [0.2, 0.25) is 0 Å². The van der Waals surface area contributed by atoms with Gasteiger partial charge in [-0.2, -0.15) is 0 Å². The smallest absolute Gasteiger partial charge is 0 e. The molecule has 0 saturated heterocycles. The Hall–Kier alpha value is -1.96. The molecule has 2 N–H and O–H groups in total. The Bertz CT molecular complexity index is 560. The molecule has 1 aliphatic carbocycles. The van der Waals surface area contributed by atoms with Crippen LogP contribution in [0.3, 0.4) is 0 Å². The van der Waals surface area contributed by atoms with Gasteiger partial charge in [-0.3, -0.25) is 0 Å². The van der Waals surface area contributed by atoms with Crippen LogP contribution in [0.25, 0.3) is 0 Å². The first-order valence-corrected chi connectivity index (χ1v) is 6.11. The first-order chi connectivity index (χ1) is 10.7. The van der Waals surface area contributed by atoms with Crippen LogP contribution < -0.4 is 10.5 Å². The van der Waals surface area contributed by atoms with E-state index in [9.17, 15) is 0 Å². The van der Waals surface area contributed by atoms with E-state index >= 15 is 0 Å². The summed E-state index contributed by atoms with van der Waals surface area (Å²) in [7, 11) is 1.67. The van der Waals surface area contributed by atoms with Gasteiger partial charge in [0.1, 0.15) is 5.75 Å². The number of nitrogens with two attached hydrogens (primary N) is 1. The molecule has 0 aromatic heterocycles. The number of allylic oxidation sites excluding steroid dienone is 4. The Balaban J connectivity index is -0.000000514. The number of hydrogen-bond acceptors (Lipinski definition) is 2. The van der Waals surface area contributed by atoms with Crippen LogP contribution in [0.5, 0.6) is 5.75 Å². The average molecular weight is 355 g/mol. The van der Waals surface area contributed by atoms with Crippen molar-refractivity contribution in [3.8, 4) is 5.75 Å². The van der Waals surface area contributed by atoms with E-state index in [1.807, 2.05) is 13.0 Å². The van der Waals surface area contributed by atoms with Gasteiger partial charge in [0.15, 0.2) is 0 Å². The number of rotatable bonds is 2. The molecular formula is C17H17FeNO4. The van der Waals surface area contributed by atoms with Crippen molar-refractivity contribution in [2.45, 2.75) is 19.3 Å². The molecule has 0 saturated carbocycles. The predicted molar refractivity (Wildman–Crippen MR) is 79.6 cm³/mol. The van der Waals surface area contributed by atoms with Gasteiger partial charge < -0.3 is 10.5 Å². The molecule has 23 heavy (non-hydrogen) atoms. The molecule has 0 fully saturated rings. The number of benzene rings is 1. The first-order valence-electron chi connectivity index (χ1n) is 6.11. The molecule has 0 radical (unpaired) electrons. The van der Waals surface area contributed by atoms with Crippen molar-refractivity contribution in [2.75, 3.05) is 12.8 Å². The summed E-state index contributed by atoms with van der Waals surface area (Å²) < 4.78 is 27.8. The van der Waals surface area contributed by atoms with Crippen LogP contribution in [0.4, 0.5) is 5.69 Å². The largest absolute Gasteiger partial charge is 0 e. The van der Waals surface area contributed by atoms with Gasteiger partial charge in [-0.05, 0) is 30.5 Å². The quantitative estimate of drug-likeness (QED) is 0.382. The van der Waals surface area contributed by atoms with E-state index in [0.29, 0.717) is 5.92 Å². The molecule has 1 unspecified atom stereocenters. The van der Waals surface area contributed by atoms with E-state index in [0.717, 1.165) is 23.4 Å². The number of nitrogen functional groups attached to an aromatic ring is 1. The van der Waals surface area contributed by atoms with Crippen LogP contribution >= 0.6 is 0 Å². The third-order valence-electron chi connectivity index (χ3n) is 2.98. The maximum Gasteiger partial charge on any atom is 0 e. The fourth-order valence-corrected chi connectivity index (χ4v) is 2.08. The Kier molecular flexibility index (Phi) is 18.5. The maximum absolute atomic E-state index is 7.50. The van der Waals surface area contributed by atoms with Crippen LogP contribution in [-0.2, 0) is 31.0 Å². The molecule has 0 heterocycles. The number of aryl methyl sites for hydroxylation is 1. The van der Waals surface area contributed by atoms with Gasteiger partial charge in [0.25, 0.3) is 0 Å². The average Bonchev–Trinajstić information content (AvgIpc) is 2.62. The predicted octanol–water partition coefficient (Wildman–Crippen LogP) is 3.07. The van der Waals surface area contributed by atoms with Gasteiger partial charge in [-0.25, -0.2) is 0 Å². The Morgan fingerprint density at radius 1 is 1.09 bits per heavy atom. The van der Waals surface area contributed by atoms with Gasteiger partial charge in [-0.15, -0.1) is 0 Å². The van der Waals surface area contributed by atoms with Gasteiger partial charge in [0.2, 0.25) is 0 Å². The van der Waals surface area contributed by atoms with Crippen LogP contribution in [0.15, 0.2) is 36.4 Å². The van der Waals surface area contributed by atoms with Crippen LogP contribution in [-0.4, -0.2) is 7.11 Å². The minimum atomic E-state index is 0.